The quantitative estimate of drug-likeness (QED) is 0.197. The zero-order valence-electron chi connectivity index (χ0n) is 25.3. The summed E-state index contributed by atoms with van der Waals surface area (Å²) in [4.78, 5) is 15.2. The lowest BCUT2D eigenvalue weighted by atomic mass is 9.94. The lowest BCUT2D eigenvalue weighted by molar-refractivity contribution is 0.669. The molecule has 0 saturated carbocycles. The Hall–Kier alpha value is -6.39. The molecule has 0 aliphatic carbocycles. The average molecular weight is 602 g/mol. The molecule has 2 aromatic heterocycles. The number of hydrogen-bond acceptors (Lipinski definition) is 4. The molecule has 0 aliphatic rings. The molecule has 0 aliphatic heterocycles. The Balaban J connectivity index is 1.25. The van der Waals surface area contributed by atoms with Gasteiger partial charge in [0.05, 0.1) is 0 Å². The van der Waals surface area contributed by atoms with Crippen molar-refractivity contribution >= 4 is 32.7 Å². The van der Waals surface area contributed by atoms with Crippen LogP contribution < -0.4 is 0 Å². The van der Waals surface area contributed by atoms with Gasteiger partial charge in [-0.25, -0.2) is 15.0 Å². The van der Waals surface area contributed by atoms with Gasteiger partial charge in [0.1, 0.15) is 11.2 Å². The summed E-state index contributed by atoms with van der Waals surface area (Å²) in [5.74, 6) is 1.82. The third kappa shape index (κ3) is 5.02. The summed E-state index contributed by atoms with van der Waals surface area (Å²) in [6.45, 7) is 0. The van der Waals surface area contributed by atoms with E-state index in [1.165, 1.54) is 10.8 Å². The second-order valence-corrected chi connectivity index (χ2v) is 11.7. The Labute approximate surface area is 271 Å². The van der Waals surface area contributed by atoms with Gasteiger partial charge in [-0.3, -0.25) is 0 Å². The van der Waals surface area contributed by atoms with E-state index in [9.17, 15) is 0 Å². The van der Waals surface area contributed by atoms with Crippen molar-refractivity contribution in [2.75, 3.05) is 0 Å². The number of para-hydroxylation sites is 1. The number of aromatic nitrogens is 3. The fraction of sp³-hybridized carbons (Fsp3) is 0. The van der Waals surface area contributed by atoms with E-state index in [-0.39, 0.29) is 0 Å². The number of nitrogens with zero attached hydrogens (tertiary/aromatic N) is 3. The summed E-state index contributed by atoms with van der Waals surface area (Å²) in [6, 6.07) is 56.5. The van der Waals surface area contributed by atoms with E-state index in [0.29, 0.717) is 17.5 Å². The van der Waals surface area contributed by atoms with E-state index >= 15 is 0 Å². The van der Waals surface area contributed by atoms with Gasteiger partial charge in [0, 0.05) is 27.5 Å². The molecule has 9 rings (SSSR count). The number of rotatable bonds is 5. The lowest BCUT2D eigenvalue weighted by Crippen LogP contribution is -2.00. The Morgan fingerprint density at radius 2 is 0.851 bits per heavy atom. The van der Waals surface area contributed by atoms with Gasteiger partial charge in [-0.15, -0.1) is 0 Å². The SMILES string of the molecule is c1ccc(-c2cc(-c3ccc4ccccc4c3)cc(-c3nc(-c4ccccc4)nc(-c4ccc5c(c4)oc4ccccc45)n3)c2)cc1. The lowest BCUT2D eigenvalue weighted by Gasteiger charge is -2.13. The summed E-state index contributed by atoms with van der Waals surface area (Å²) < 4.78 is 6.23. The summed E-state index contributed by atoms with van der Waals surface area (Å²) in [5, 5.41) is 4.57. The van der Waals surface area contributed by atoms with Gasteiger partial charge in [-0.05, 0) is 75.5 Å². The largest absolute Gasteiger partial charge is 0.456 e. The maximum atomic E-state index is 6.23. The van der Waals surface area contributed by atoms with Crippen LogP contribution in [0.4, 0.5) is 0 Å². The summed E-state index contributed by atoms with van der Waals surface area (Å²) >= 11 is 0. The highest BCUT2D eigenvalue weighted by atomic mass is 16.3. The van der Waals surface area contributed by atoms with Crippen LogP contribution in [0.2, 0.25) is 0 Å². The summed E-state index contributed by atoms with van der Waals surface area (Å²) in [5.41, 5.74) is 8.83. The molecule has 9 aromatic rings. The van der Waals surface area contributed by atoms with E-state index < -0.39 is 0 Å². The summed E-state index contributed by atoms with van der Waals surface area (Å²) in [7, 11) is 0. The van der Waals surface area contributed by atoms with Crippen LogP contribution >= 0.6 is 0 Å². The number of fused-ring (bicyclic) bond motifs is 4. The molecular weight excluding hydrogens is 574 g/mol. The van der Waals surface area contributed by atoms with E-state index in [4.69, 9.17) is 19.4 Å². The van der Waals surface area contributed by atoms with Crippen LogP contribution in [-0.2, 0) is 0 Å². The molecule has 0 bridgehead atoms. The molecule has 2 heterocycles. The van der Waals surface area contributed by atoms with Crippen LogP contribution in [0.5, 0.6) is 0 Å². The molecule has 0 amide bonds. The van der Waals surface area contributed by atoms with Crippen molar-refractivity contribution in [2.24, 2.45) is 0 Å². The van der Waals surface area contributed by atoms with Gasteiger partial charge in [0.25, 0.3) is 0 Å². The van der Waals surface area contributed by atoms with Gasteiger partial charge < -0.3 is 4.42 Å². The van der Waals surface area contributed by atoms with Crippen molar-refractivity contribution in [1.82, 2.24) is 15.0 Å². The standard InChI is InChI=1S/C43H27N3O/c1-3-11-28(12-4-1)34-24-35(32-20-19-29-13-7-8-16-31(29)23-32)26-36(25-34)43-45-41(30-14-5-2-6-15-30)44-42(46-43)33-21-22-38-37-17-9-10-18-39(37)47-40(38)27-33/h1-27H. The van der Waals surface area contributed by atoms with Gasteiger partial charge >= 0.3 is 0 Å². The number of benzene rings is 7. The van der Waals surface area contributed by atoms with Crippen molar-refractivity contribution < 1.29 is 4.42 Å². The van der Waals surface area contributed by atoms with Crippen LogP contribution in [0.15, 0.2) is 168 Å². The molecule has 7 aromatic carbocycles. The summed E-state index contributed by atoms with van der Waals surface area (Å²) in [6.07, 6.45) is 0. The molecule has 0 fully saturated rings. The van der Waals surface area contributed by atoms with E-state index in [0.717, 1.165) is 60.9 Å². The maximum absolute atomic E-state index is 6.23. The monoisotopic (exact) mass is 601 g/mol. The van der Waals surface area contributed by atoms with Gasteiger partial charge in [-0.2, -0.15) is 0 Å². The van der Waals surface area contributed by atoms with Crippen molar-refractivity contribution in [3.8, 4) is 56.4 Å². The Bertz CT molecular complexity index is 2570. The van der Waals surface area contributed by atoms with Gasteiger partial charge in [0.15, 0.2) is 17.5 Å². The normalized spacial score (nSPS) is 11.4. The first-order valence-electron chi connectivity index (χ1n) is 15.7. The molecule has 0 spiro atoms. The first kappa shape index (κ1) is 27.0. The second kappa shape index (κ2) is 11.2. The Morgan fingerprint density at radius 3 is 1.64 bits per heavy atom. The van der Waals surface area contributed by atoms with Gasteiger partial charge in [0.2, 0.25) is 0 Å². The molecule has 0 atom stereocenters. The third-order valence-electron chi connectivity index (χ3n) is 8.69. The van der Waals surface area contributed by atoms with Crippen LogP contribution in [0.3, 0.4) is 0 Å². The molecule has 0 unspecified atom stereocenters. The molecule has 0 radical (unpaired) electrons. The molecule has 0 saturated heterocycles. The van der Waals surface area contributed by atoms with Crippen molar-refractivity contribution in [3.05, 3.63) is 164 Å². The predicted molar refractivity (Wildman–Crippen MR) is 192 cm³/mol. The first-order chi connectivity index (χ1) is 23.2. The zero-order valence-corrected chi connectivity index (χ0v) is 25.3. The first-order valence-corrected chi connectivity index (χ1v) is 15.7. The van der Waals surface area contributed by atoms with E-state index in [2.05, 4.69) is 103 Å². The van der Waals surface area contributed by atoms with Crippen molar-refractivity contribution in [3.63, 3.8) is 0 Å². The topological polar surface area (TPSA) is 51.8 Å². The fourth-order valence-electron chi connectivity index (χ4n) is 6.30. The Morgan fingerprint density at radius 1 is 0.298 bits per heavy atom. The third-order valence-corrected chi connectivity index (χ3v) is 8.69. The highest BCUT2D eigenvalue weighted by Gasteiger charge is 2.16. The maximum Gasteiger partial charge on any atom is 0.164 e. The molecular formula is C43H27N3O. The van der Waals surface area contributed by atoms with Crippen LogP contribution in [0, 0.1) is 0 Å². The molecule has 4 nitrogen and oxygen atoms in total. The Kier molecular flexibility index (Phi) is 6.43. The van der Waals surface area contributed by atoms with E-state index in [1.807, 2.05) is 60.7 Å². The van der Waals surface area contributed by atoms with Crippen LogP contribution in [-0.4, -0.2) is 15.0 Å². The minimum Gasteiger partial charge on any atom is -0.456 e. The highest BCUT2D eigenvalue weighted by molar-refractivity contribution is 6.05. The predicted octanol–water partition coefficient (Wildman–Crippen LogP) is 11.3. The van der Waals surface area contributed by atoms with Crippen molar-refractivity contribution in [2.45, 2.75) is 0 Å². The second-order valence-electron chi connectivity index (χ2n) is 11.7. The smallest absolute Gasteiger partial charge is 0.164 e. The highest BCUT2D eigenvalue weighted by Crippen LogP contribution is 2.36. The molecule has 47 heavy (non-hydrogen) atoms. The minimum atomic E-state index is 0.591. The molecule has 4 heteroatoms. The fourth-order valence-corrected chi connectivity index (χ4v) is 6.30. The molecule has 220 valence electrons. The molecule has 0 N–H and O–H groups in total. The van der Waals surface area contributed by atoms with E-state index in [1.54, 1.807) is 0 Å². The zero-order chi connectivity index (χ0) is 31.2. The minimum absolute atomic E-state index is 0.591. The van der Waals surface area contributed by atoms with Gasteiger partial charge in [-0.1, -0.05) is 121 Å². The van der Waals surface area contributed by atoms with Crippen LogP contribution in [0.1, 0.15) is 0 Å². The average Bonchev–Trinajstić information content (AvgIpc) is 3.53. The van der Waals surface area contributed by atoms with Crippen LogP contribution in [0.25, 0.3) is 89.1 Å². The number of furan rings is 1. The van der Waals surface area contributed by atoms with Crippen molar-refractivity contribution in [1.29, 1.82) is 0 Å². The number of hydrogen-bond donors (Lipinski definition) is 0.